The first kappa shape index (κ1) is 4.50. The Morgan fingerprint density at radius 3 is 3.09 bits per heavy atom. The van der Waals surface area contributed by atoms with Crippen molar-refractivity contribution < 1.29 is 0 Å². The Kier molecular flexibility index (Phi) is 0.439. The molecule has 1 heteroatoms. The van der Waals surface area contributed by atoms with Crippen LogP contribution in [0, 0.1) is 0 Å². The number of pyridine rings is 1. The van der Waals surface area contributed by atoms with E-state index in [1.165, 1.54) is 28.5 Å². The van der Waals surface area contributed by atoms with Gasteiger partial charge < -0.3 is 0 Å². The Bertz CT molecular complexity index is 512. The second-order valence-electron chi connectivity index (χ2n) is 3.28. The van der Waals surface area contributed by atoms with Crippen LogP contribution in [-0.2, 0) is 6.42 Å². The smallest absolute Gasteiger partial charge is 0.0749 e. The third-order valence-corrected chi connectivity index (χ3v) is 2.81. The highest BCUT2D eigenvalue weighted by Gasteiger charge is 2.41. The highest BCUT2D eigenvalue weighted by Crippen LogP contribution is 2.61. The highest BCUT2D eigenvalue weighted by atomic mass is 14.7. The summed E-state index contributed by atoms with van der Waals surface area (Å²) in [5, 5.41) is 1.39. The molecule has 0 saturated heterocycles. The molecule has 50 valence electrons. The molecule has 0 spiro atoms. The van der Waals surface area contributed by atoms with Crippen LogP contribution in [0.3, 0.4) is 0 Å². The number of nitrogens with zero attached hydrogens (tertiary/aromatic N) is 1. The molecule has 0 aromatic carbocycles. The molecule has 0 fully saturated rings. The van der Waals surface area contributed by atoms with E-state index in [-0.39, 0.29) is 0 Å². The molecule has 0 atom stereocenters. The molecule has 1 nitrogen and oxygen atoms in total. The number of benzene rings is 1. The van der Waals surface area contributed by atoms with Gasteiger partial charge in [-0.1, -0.05) is 6.07 Å². The standard InChI is InChI=1S/C10H5N/c1-2-5-8-6-4-7(9(6)8)10(5)11-3-1/h1-3H,4H2. The van der Waals surface area contributed by atoms with Crippen LogP contribution >= 0.6 is 0 Å². The fourth-order valence-corrected chi connectivity index (χ4v) is 2.24. The van der Waals surface area contributed by atoms with Crippen LogP contribution in [0.15, 0.2) is 18.3 Å². The Balaban J connectivity index is 2.43. The van der Waals surface area contributed by atoms with Crippen molar-refractivity contribution in [1.82, 2.24) is 4.98 Å². The van der Waals surface area contributed by atoms with Crippen molar-refractivity contribution >= 4 is 10.9 Å². The van der Waals surface area contributed by atoms with Crippen molar-refractivity contribution in [3.63, 3.8) is 0 Å². The van der Waals surface area contributed by atoms with Gasteiger partial charge in [-0.25, -0.2) is 0 Å². The third kappa shape index (κ3) is 0.299. The molecule has 1 heterocycles. The summed E-state index contributed by atoms with van der Waals surface area (Å²) < 4.78 is 0. The van der Waals surface area contributed by atoms with E-state index in [4.69, 9.17) is 0 Å². The Hall–Kier alpha value is -1.37. The Morgan fingerprint density at radius 1 is 1.18 bits per heavy atom. The molecule has 0 N–H and O–H groups in total. The SMILES string of the molecule is c1cnc2c3c4c(c-4c2c1)C3. The minimum atomic E-state index is 1.20. The lowest BCUT2D eigenvalue weighted by molar-refractivity contribution is 1.22. The fourth-order valence-electron chi connectivity index (χ4n) is 2.24. The maximum absolute atomic E-state index is 4.37. The Labute approximate surface area is 63.7 Å². The lowest BCUT2D eigenvalue weighted by Gasteiger charge is -2.03. The first-order valence-corrected chi connectivity index (χ1v) is 3.89. The second-order valence-corrected chi connectivity index (χ2v) is 3.28. The van der Waals surface area contributed by atoms with Gasteiger partial charge in [-0.15, -0.1) is 0 Å². The summed E-state index contributed by atoms with van der Waals surface area (Å²) >= 11 is 0. The lowest BCUT2D eigenvalue weighted by atomic mass is 10.0. The van der Waals surface area contributed by atoms with Gasteiger partial charge in [0.1, 0.15) is 0 Å². The molecule has 0 radical (unpaired) electrons. The summed E-state index contributed by atoms with van der Waals surface area (Å²) in [6.45, 7) is 0. The molecule has 11 heavy (non-hydrogen) atoms. The summed E-state index contributed by atoms with van der Waals surface area (Å²) in [7, 11) is 0. The van der Waals surface area contributed by atoms with E-state index in [2.05, 4.69) is 11.1 Å². The van der Waals surface area contributed by atoms with Crippen molar-refractivity contribution in [2.24, 2.45) is 0 Å². The first-order valence-electron chi connectivity index (χ1n) is 3.89. The maximum atomic E-state index is 4.37. The number of hydrogen-bond acceptors (Lipinski definition) is 1. The predicted molar refractivity (Wildman–Crippen MR) is 43.5 cm³/mol. The van der Waals surface area contributed by atoms with Crippen molar-refractivity contribution in [3.05, 3.63) is 29.5 Å². The predicted octanol–water partition coefficient (Wildman–Crippen LogP) is 2.12. The molecule has 3 aliphatic carbocycles. The molecule has 1 aromatic heterocycles. The molecule has 1 aromatic rings. The summed E-state index contributed by atoms with van der Waals surface area (Å²) in [6, 6.07) is 4.20. The van der Waals surface area contributed by atoms with Crippen LogP contribution in [0.5, 0.6) is 0 Å². The first-order chi connectivity index (χ1) is 5.47. The minimum Gasteiger partial charge on any atom is -0.256 e. The highest BCUT2D eigenvalue weighted by molar-refractivity contribution is 6.19. The van der Waals surface area contributed by atoms with Crippen LogP contribution in [0.4, 0.5) is 0 Å². The maximum Gasteiger partial charge on any atom is 0.0749 e. The van der Waals surface area contributed by atoms with Crippen molar-refractivity contribution in [3.8, 4) is 11.1 Å². The molecule has 0 amide bonds. The number of rotatable bonds is 0. The van der Waals surface area contributed by atoms with Gasteiger partial charge >= 0.3 is 0 Å². The van der Waals surface area contributed by atoms with Crippen LogP contribution in [0.2, 0.25) is 0 Å². The van der Waals surface area contributed by atoms with E-state index in [1.807, 2.05) is 12.3 Å². The average Bonchev–Trinajstić information content (AvgIpc) is 2.49. The van der Waals surface area contributed by atoms with Crippen LogP contribution in [0.25, 0.3) is 22.0 Å². The second kappa shape index (κ2) is 1.07. The van der Waals surface area contributed by atoms with Crippen LogP contribution in [-0.4, -0.2) is 4.98 Å². The molecular weight excluding hydrogens is 134 g/mol. The van der Waals surface area contributed by atoms with Crippen LogP contribution in [0.1, 0.15) is 11.1 Å². The van der Waals surface area contributed by atoms with E-state index >= 15 is 0 Å². The van der Waals surface area contributed by atoms with Crippen molar-refractivity contribution in [2.75, 3.05) is 0 Å². The number of fused-ring (bicyclic) bond motifs is 4. The van der Waals surface area contributed by atoms with Gasteiger partial charge in [-0.2, -0.15) is 0 Å². The average molecular weight is 139 g/mol. The topological polar surface area (TPSA) is 12.9 Å². The van der Waals surface area contributed by atoms with Crippen LogP contribution < -0.4 is 0 Å². The van der Waals surface area contributed by atoms with Gasteiger partial charge in [0.05, 0.1) is 5.52 Å². The minimum absolute atomic E-state index is 1.20. The monoisotopic (exact) mass is 139 g/mol. The normalized spacial score (nSPS) is 14.9. The lowest BCUT2D eigenvalue weighted by Crippen LogP contribution is -1.90. The summed E-state index contributed by atoms with van der Waals surface area (Å²) in [4.78, 5) is 4.37. The molecule has 4 rings (SSSR count). The zero-order valence-electron chi connectivity index (χ0n) is 5.89. The van der Waals surface area contributed by atoms with Gasteiger partial charge in [0, 0.05) is 18.0 Å². The molecule has 0 aliphatic heterocycles. The molecule has 3 aliphatic rings. The van der Waals surface area contributed by atoms with E-state index in [0.29, 0.717) is 0 Å². The van der Waals surface area contributed by atoms with Gasteiger partial charge in [-0.05, 0) is 28.3 Å². The van der Waals surface area contributed by atoms with Gasteiger partial charge in [0.25, 0.3) is 0 Å². The zero-order chi connectivity index (χ0) is 7.00. The van der Waals surface area contributed by atoms with E-state index in [9.17, 15) is 0 Å². The van der Waals surface area contributed by atoms with Gasteiger partial charge in [0.15, 0.2) is 0 Å². The quantitative estimate of drug-likeness (QED) is 0.363. The van der Waals surface area contributed by atoms with Crippen molar-refractivity contribution in [2.45, 2.75) is 6.42 Å². The summed E-state index contributed by atoms with van der Waals surface area (Å²) in [6.07, 6.45) is 3.09. The van der Waals surface area contributed by atoms with Gasteiger partial charge in [0.2, 0.25) is 0 Å². The molecular formula is C10H5N. The van der Waals surface area contributed by atoms with Gasteiger partial charge in [-0.3, -0.25) is 4.98 Å². The summed E-state index contributed by atoms with van der Waals surface area (Å²) in [5.41, 5.74) is 7.46. The van der Waals surface area contributed by atoms with E-state index < -0.39 is 0 Å². The molecule has 0 saturated carbocycles. The molecule has 0 bridgehead atoms. The fraction of sp³-hybridized carbons (Fsp3) is 0.100. The largest absolute Gasteiger partial charge is 0.256 e. The number of aromatic nitrogens is 1. The van der Waals surface area contributed by atoms with Crippen molar-refractivity contribution in [1.29, 1.82) is 0 Å². The molecule has 0 unspecified atom stereocenters. The Morgan fingerprint density at radius 2 is 2.18 bits per heavy atom. The zero-order valence-corrected chi connectivity index (χ0v) is 5.89. The van der Waals surface area contributed by atoms with E-state index in [0.717, 1.165) is 0 Å². The third-order valence-electron chi connectivity index (χ3n) is 2.81. The summed E-state index contributed by atoms with van der Waals surface area (Å²) in [5.74, 6) is 0. The van der Waals surface area contributed by atoms with E-state index in [1.54, 1.807) is 11.1 Å². The number of hydrogen-bond donors (Lipinski definition) is 0.